The van der Waals surface area contributed by atoms with E-state index >= 15 is 0 Å². The summed E-state index contributed by atoms with van der Waals surface area (Å²) in [6, 6.07) is 16.5. The van der Waals surface area contributed by atoms with Crippen LogP contribution >= 0.6 is 11.8 Å². The maximum absolute atomic E-state index is 14.0. The van der Waals surface area contributed by atoms with Crippen LogP contribution < -0.4 is 15.1 Å². The van der Waals surface area contributed by atoms with Crippen molar-refractivity contribution in [3.8, 4) is 0 Å². The number of para-hydroxylation sites is 1. The summed E-state index contributed by atoms with van der Waals surface area (Å²) in [5.74, 6) is 0.823. The van der Waals surface area contributed by atoms with E-state index in [4.69, 9.17) is 0 Å². The van der Waals surface area contributed by atoms with E-state index in [2.05, 4.69) is 25.1 Å². The third-order valence-corrected chi connectivity index (χ3v) is 6.04. The number of carbonyl (C=O) groups is 1. The maximum Gasteiger partial charge on any atom is 0.234 e. The molecule has 0 atom stereocenters. The summed E-state index contributed by atoms with van der Waals surface area (Å²) < 4.78 is 14.0. The van der Waals surface area contributed by atoms with Crippen LogP contribution in [-0.4, -0.2) is 47.8 Å². The van der Waals surface area contributed by atoms with Crippen LogP contribution in [0.3, 0.4) is 0 Å². The highest BCUT2D eigenvalue weighted by Crippen LogP contribution is 2.24. The van der Waals surface area contributed by atoms with E-state index in [9.17, 15) is 9.18 Å². The van der Waals surface area contributed by atoms with Gasteiger partial charge in [0.2, 0.25) is 5.91 Å². The lowest BCUT2D eigenvalue weighted by Crippen LogP contribution is -2.47. The van der Waals surface area contributed by atoms with E-state index in [-0.39, 0.29) is 17.5 Å². The van der Waals surface area contributed by atoms with E-state index in [1.807, 2.05) is 49.4 Å². The number of anilines is 3. The van der Waals surface area contributed by atoms with Crippen molar-refractivity contribution in [2.45, 2.75) is 11.9 Å². The van der Waals surface area contributed by atoms with Crippen molar-refractivity contribution in [3.63, 3.8) is 0 Å². The third-order valence-electron chi connectivity index (χ3n) is 5.11. The molecule has 3 aromatic rings. The Morgan fingerprint density at radius 1 is 1.03 bits per heavy atom. The van der Waals surface area contributed by atoms with Crippen LogP contribution in [0.15, 0.2) is 66.0 Å². The zero-order valence-corrected chi connectivity index (χ0v) is 18.1. The number of nitrogens with one attached hydrogen (secondary N) is 1. The predicted octanol–water partition coefficient (Wildman–Crippen LogP) is 3.98. The number of piperazine rings is 1. The molecule has 0 radical (unpaired) electrons. The van der Waals surface area contributed by atoms with Crippen LogP contribution in [0, 0.1) is 12.7 Å². The molecule has 0 bridgehead atoms. The molecule has 2 heterocycles. The second kappa shape index (κ2) is 9.78. The van der Waals surface area contributed by atoms with E-state index in [0.29, 0.717) is 18.8 Å². The zero-order valence-electron chi connectivity index (χ0n) is 17.3. The molecule has 1 fully saturated rings. The number of carbonyl (C=O) groups excluding carboxylic acids is 1. The SMILES string of the molecule is Cc1ccc(NC(=O)CSc2cc(N3CCN(c4ccccc4F)CC3)ncn2)cc1. The van der Waals surface area contributed by atoms with E-state index in [1.54, 1.807) is 6.07 Å². The maximum atomic E-state index is 14.0. The summed E-state index contributed by atoms with van der Waals surface area (Å²) >= 11 is 1.38. The van der Waals surface area contributed by atoms with Crippen molar-refractivity contribution < 1.29 is 9.18 Å². The molecule has 6 nitrogen and oxygen atoms in total. The van der Waals surface area contributed by atoms with Gasteiger partial charge in [0, 0.05) is 37.9 Å². The number of benzene rings is 2. The van der Waals surface area contributed by atoms with Gasteiger partial charge >= 0.3 is 0 Å². The number of amides is 1. The number of thioether (sulfide) groups is 1. The first kappa shape index (κ1) is 21.1. The summed E-state index contributed by atoms with van der Waals surface area (Å²) in [5, 5.41) is 3.64. The number of aromatic nitrogens is 2. The monoisotopic (exact) mass is 437 g/mol. The van der Waals surface area contributed by atoms with Crippen molar-refractivity contribution in [1.82, 2.24) is 9.97 Å². The summed E-state index contributed by atoms with van der Waals surface area (Å²) in [7, 11) is 0. The van der Waals surface area contributed by atoms with Gasteiger partial charge in [-0.15, -0.1) is 0 Å². The Morgan fingerprint density at radius 2 is 1.74 bits per heavy atom. The minimum absolute atomic E-state index is 0.0764. The molecule has 8 heteroatoms. The predicted molar refractivity (Wildman–Crippen MR) is 123 cm³/mol. The Morgan fingerprint density at radius 3 is 2.48 bits per heavy atom. The molecule has 1 aliphatic heterocycles. The summed E-state index contributed by atoms with van der Waals surface area (Å²) in [4.78, 5) is 25.1. The molecule has 0 spiro atoms. The van der Waals surface area contributed by atoms with Gasteiger partial charge in [0.25, 0.3) is 0 Å². The van der Waals surface area contributed by atoms with E-state index < -0.39 is 0 Å². The quantitative estimate of drug-likeness (QED) is 0.465. The first-order chi connectivity index (χ1) is 15.1. The number of hydrogen-bond acceptors (Lipinski definition) is 6. The molecule has 1 amide bonds. The van der Waals surface area contributed by atoms with Gasteiger partial charge in [-0.05, 0) is 31.2 Å². The highest BCUT2D eigenvalue weighted by atomic mass is 32.2. The summed E-state index contributed by atoms with van der Waals surface area (Å²) in [6.07, 6.45) is 1.53. The third kappa shape index (κ3) is 5.52. The van der Waals surface area contributed by atoms with Crippen molar-refractivity contribution in [2.24, 2.45) is 0 Å². The van der Waals surface area contributed by atoms with Gasteiger partial charge in [-0.2, -0.15) is 0 Å². The van der Waals surface area contributed by atoms with Gasteiger partial charge in [-0.3, -0.25) is 4.79 Å². The number of aryl methyl sites for hydroxylation is 1. The van der Waals surface area contributed by atoms with Gasteiger partial charge in [-0.25, -0.2) is 14.4 Å². The Kier molecular flexibility index (Phi) is 6.66. The lowest BCUT2D eigenvalue weighted by atomic mass is 10.2. The molecule has 1 aliphatic rings. The topological polar surface area (TPSA) is 61.4 Å². The van der Waals surface area contributed by atoms with Crippen LogP contribution in [0.1, 0.15) is 5.56 Å². The molecule has 4 rings (SSSR count). The largest absolute Gasteiger partial charge is 0.366 e. The van der Waals surface area contributed by atoms with Crippen molar-refractivity contribution in [1.29, 1.82) is 0 Å². The van der Waals surface area contributed by atoms with Crippen molar-refractivity contribution in [2.75, 3.05) is 47.0 Å². The number of nitrogens with zero attached hydrogens (tertiary/aromatic N) is 4. The van der Waals surface area contributed by atoms with Gasteiger partial charge in [0.05, 0.1) is 11.4 Å². The molecule has 2 aromatic carbocycles. The van der Waals surface area contributed by atoms with E-state index in [1.165, 1.54) is 24.2 Å². The molecule has 1 saturated heterocycles. The van der Waals surface area contributed by atoms with Gasteiger partial charge in [-0.1, -0.05) is 41.6 Å². The van der Waals surface area contributed by atoms with Crippen molar-refractivity contribution in [3.05, 3.63) is 72.3 Å². The molecule has 160 valence electrons. The smallest absolute Gasteiger partial charge is 0.234 e. The molecular weight excluding hydrogens is 413 g/mol. The fourth-order valence-electron chi connectivity index (χ4n) is 3.44. The van der Waals surface area contributed by atoms with Crippen molar-refractivity contribution >= 4 is 34.9 Å². The van der Waals surface area contributed by atoms with Crippen LogP contribution in [-0.2, 0) is 4.79 Å². The highest BCUT2D eigenvalue weighted by Gasteiger charge is 2.20. The molecule has 1 aromatic heterocycles. The van der Waals surface area contributed by atoms with Gasteiger partial charge in [0.15, 0.2) is 0 Å². The summed E-state index contributed by atoms with van der Waals surface area (Å²) in [5.41, 5.74) is 2.57. The average Bonchev–Trinajstić information content (AvgIpc) is 2.80. The lowest BCUT2D eigenvalue weighted by Gasteiger charge is -2.36. The minimum Gasteiger partial charge on any atom is -0.366 e. The normalized spacial score (nSPS) is 13.9. The Hall–Kier alpha value is -3.13. The molecule has 0 saturated carbocycles. The average molecular weight is 438 g/mol. The first-order valence-corrected chi connectivity index (χ1v) is 11.1. The molecule has 31 heavy (non-hydrogen) atoms. The number of rotatable bonds is 6. The van der Waals surface area contributed by atoms with E-state index in [0.717, 1.165) is 35.2 Å². The molecule has 0 unspecified atom stereocenters. The molecular formula is C23H24FN5OS. The fourth-order valence-corrected chi connectivity index (χ4v) is 4.10. The van der Waals surface area contributed by atoms with Crippen LogP contribution in [0.25, 0.3) is 0 Å². The van der Waals surface area contributed by atoms with Crippen LogP contribution in [0.2, 0.25) is 0 Å². The molecule has 1 N–H and O–H groups in total. The Balaban J connectivity index is 1.31. The lowest BCUT2D eigenvalue weighted by molar-refractivity contribution is -0.113. The minimum atomic E-state index is -0.194. The Bertz CT molecular complexity index is 1040. The second-order valence-electron chi connectivity index (χ2n) is 7.34. The molecule has 0 aliphatic carbocycles. The number of hydrogen-bond donors (Lipinski definition) is 1. The fraction of sp³-hybridized carbons (Fsp3) is 0.261. The van der Waals surface area contributed by atoms with Gasteiger partial charge in [0.1, 0.15) is 23.0 Å². The standard InChI is InChI=1S/C23H24FN5OS/c1-17-6-8-18(9-7-17)27-22(30)15-31-23-14-21(25-16-26-23)29-12-10-28(11-13-29)20-5-3-2-4-19(20)24/h2-9,14,16H,10-13,15H2,1H3,(H,27,30). The number of halogens is 1. The highest BCUT2D eigenvalue weighted by molar-refractivity contribution is 7.99. The van der Waals surface area contributed by atoms with Crippen LogP contribution in [0.4, 0.5) is 21.6 Å². The first-order valence-electron chi connectivity index (χ1n) is 10.1. The van der Waals surface area contributed by atoms with Gasteiger partial charge < -0.3 is 15.1 Å². The zero-order chi connectivity index (χ0) is 21.6. The Labute approximate surface area is 185 Å². The van der Waals surface area contributed by atoms with Crippen LogP contribution in [0.5, 0.6) is 0 Å². The second-order valence-corrected chi connectivity index (χ2v) is 8.34. The summed E-state index contributed by atoms with van der Waals surface area (Å²) in [6.45, 7) is 4.92.